The van der Waals surface area contributed by atoms with Gasteiger partial charge >= 0.3 is 0 Å². The van der Waals surface area contributed by atoms with E-state index in [2.05, 4.69) is 31.9 Å². The van der Waals surface area contributed by atoms with Crippen LogP contribution in [-0.4, -0.2) is 29.7 Å². The third-order valence-corrected chi connectivity index (χ3v) is 3.84. The first-order valence-corrected chi connectivity index (χ1v) is 6.25. The first-order valence-electron chi connectivity index (χ1n) is 4.39. The van der Waals surface area contributed by atoms with Crippen LogP contribution in [0.1, 0.15) is 18.7 Å². The van der Waals surface area contributed by atoms with Crippen LogP contribution in [-0.2, 0) is 15.1 Å². The molecule has 0 radical (unpaired) electrons. The topological polar surface area (TPSA) is 44.2 Å². The van der Waals surface area contributed by atoms with E-state index in [0.717, 1.165) is 34.9 Å². The summed E-state index contributed by atoms with van der Waals surface area (Å²) in [7, 11) is 1.72. The molecule has 0 unspecified atom stereocenters. The molecule has 1 aromatic heterocycles. The van der Waals surface area contributed by atoms with Gasteiger partial charge in [-0.3, -0.25) is 0 Å². The maximum atomic E-state index is 5.58. The Morgan fingerprint density at radius 3 is 2.71 bits per heavy atom. The summed E-state index contributed by atoms with van der Waals surface area (Å²) in [6, 6.07) is 0. The molecule has 0 aliphatic carbocycles. The van der Waals surface area contributed by atoms with E-state index < -0.39 is 0 Å². The SMILES string of the molecule is COC1(c2nsc(I)n2)CCOCC1. The summed E-state index contributed by atoms with van der Waals surface area (Å²) in [5.41, 5.74) is -0.307. The maximum Gasteiger partial charge on any atom is 0.175 e. The van der Waals surface area contributed by atoms with Crippen molar-refractivity contribution in [3.8, 4) is 0 Å². The summed E-state index contributed by atoms with van der Waals surface area (Å²) < 4.78 is 16.2. The average Bonchev–Trinajstić information content (AvgIpc) is 2.66. The summed E-state index contributed by atoms with van der Waals surface area (Å²) in [6.07, 6.45) is 1.69. The highest BCUT2D eigenvalue weighted by Gasteiger charge is 2.38. The van der Waals surface area contributed by atoms with Crippen LogP contribution in [0.2, 0.25) is 0 Å². The van der Waals surface area contributed by atoms with Crippen LogP contribution < -0.4 is 0 Å². The molecule has 1 aromatic rings. The van der Waals surface area contributed by atoms with Crippen molar-refractivity contribution in [2.75, 3.05) is 20.3 Å². The third-order valence-electron chi connectivity index (χ3n) is 2.50. The Balaban J connectivity index is 2.26. The van der Waals surface area contributed by atoms with Crippen LogP contribution in [0.15, 0.2) is 0 Å². The predicted molar refractivity (Wildman–Crippen MR) is 61.4 cm³/mol. The van der Waals surface area contributed by atoms with Crippen LogP contribution in [0.4, 0.5) is 0 Å². The molecule has 2 heterocycles. The molecule has 0 bridgehead atoms. The van der Waals surface area contributed by atoms with Crippen LogP contribution in [0.5, 0.6) is 0 Å². The van der Waals surface area contributed by atoms with Crippen molar-refractivity contribution >= 4 is 34.1 Å². The molecule has 78 valence electrons. The Morgan fingerprint density at radius 1 is 1.50 bits per heavy atom. The molecule has 4 nitrogen and oxygen atoms in total. The predicted octanol–water partition coefficient (Wildman–Crippen LogP) is 1.79. The Labute approximate surface area is 100 Å². The highest BCUT2D eigenvalue weighted by atomic mass is 127. The first-order chi connectivity index (χ1) is 6.77. The van der Waals surface area contributed by atoms with Gasteiger partial charge in [0.2, 0.25) is 0 Å². The molecule has 0 saturated carbocycles. The lowest BCUT2D eigenvalue weighted by atomic mass is 9.93. The summed E-state index contributed by atoms with van der Waals surface area (Å²) in [5, 5.41) is 0. The number of nitrogens with zero attached hydrogens (tertiary/aromatic N) is 2. The minimum atomic E-state index is -0.307. The fourth-order valence-corrected chi connectivity index (χ4v) is 2.63. The molecular weight excluding hydrogens is 315 g/mol. The Bertz CT molecular complexity index is 312. The van der Waals surface area contributed by atoms with Crippen molar-refractivity contribution in [1.29, 1.82) is 0 Å². The number of ether oxygens (including phenoxy) is 2. The van der Waals surface area contributed by atoms with Crippen molar-refractivity contribution in [1.82, 2.24) is 9.36 Å². The van der Waals surface area contributed by atoms with Gasteiger partial charge in [-0.1, -0.05) is 0 Å². The van der Waals surface area contributed by atoms with E-state index >= 15 is 0 Å². The van der Waals surface area contributed by atoms with Crippen molar-refractivity contribution in [2.45, 2.75) is 18.4 Å². The molecule has 1 aliphatic heterocycles. The molecule has 1 aliphatic rings. The van der Waals surface area contributed by atoms with Gasteiger partial charge in [-0.25, -0.2) is 4.98 Å². The van der Waals surface area contributed by atoms with Gasteiger partial charge in [-0.2, -0.15) is 4.37 Å². The first kappa shape index (κ1) is 10.7. The molecule has 0 spiro atoms. The van der Waals surface area contributed by atoms with Crippen molar-refractivity contribution in [3.05, 3.63) is 8.84 Å². The second-order valence-corrected chi connectivity index (χ2v) is 5.69. The van der Waals surface area contributed by atoms with E-state index in [1.165, 1.54) is 11.5 Å². The normalized spacial score (nSPS) is 21.0. The molecule has 2 rings (SSSR count). The van der Waals surface area contributed by atoms with E-state index in [1.54, 1.807) is 7.11 Å². The van der Waals surface area contributed by atoms with E-state index in [-0.39, 0.29) is 5.60 Å². The lowest BCUT2D eigenvalue weighted by Crippen LogP contribution is -2.36. The maximum absolute atomic E-state index is 5.58. The molecule has 1 fully saturated rings. The molecule has 0 atom stereocenters. The number of halogens is 1. The summed E-state index contributed by atoms with van der Waals surface area (Å²) in [6.45, 7) is 1.45. The summed E-state index contributed by atoms with van der Waals surface area (Å²) >= 11 is 3.59. The molecule has 6 heteroatoms. The standard InChI is InChI=1S/C8H11IN2O2S/c1-12-8(2-4-13-5-3-8)6-10-7(9)14-11-6/h2-5H2,1H3. The average molecular weight is 326 g/mol. The quantitative estimate of drug-likeness (QED) is 0.778. The van der Waals surface area contributed by atoms with E-state index in [1.807, 2.05) is 0 Å². The lowest BCUT2D eigenvalue weighted by Gasteiger charge is -2.33. The van der Waals surface area contributed by atoms with Crippen LogP contribution in [0.25, 0.3) is 0 Å². The number of methoxy groups -OCH3 is 1. The molecule has 0 amide bonds. The van der Waals surface area contributed by atoms with Gasteiger partial charge in [0.25, 0.3) is 0 Å². The number of hydrogen-bond donors (Lipinski definition) is 0. The molecule has 0 aromatic carbocycles. The molecule has 1 saturated heterocycles. The second kappa shape index (κ2) is 4.38. The number of aromatic nitrogens is 2. The molecule has 14 heavy (non-hydrogen) atoms. The zero-order valence-electron chi connectivity index (χ0n) is 7.83. The fourth-order valence-electron chi connectivity index (χ4n) is 1.61. The molecule has 0 N–H and O–H groups in total. The monoisotopic (exact) mass is 326 g/mol. The zero-order valence-corrected chi connectivity index (χ0v) is 10.8. The van der Waals surface area contributed by atoms with Gasteiger partial charge in [-0.05, 0) is 34.1 Å². The van der Waals surface area contributed by atoms with E-state index in [9.17, 15) is 0 Å². The van der Waals surface area contributed by atoms with Crippen LogP contribution in [0, 0.1) is 3.01 Å². The van der Waals surface area contributed by atoms with E-state index in [0.29, 0.717) is 0 Å². The largest absolute Gasteiger partial charge is 0.381 e. The minimum absolute atomic E-state index is 0.307. The van der Waals surface area contributed by atoms with Crippen LogP contribution >= 0.6 is 34.1 Å². The van der Waals surface area contributed by atoms with Crippen LogP contribution in [0.3, 0.4) is 0 Å². The van der Waals surface area contributed by atoms with Gasteiger partial charge < -0.3 is 9.47 Å². The van der Waals surface area contributed by atoms with Gasteiger partial charge in [-0.15, -0.1) is 0 Å². The smallest absolute Gasteiger partial charge is 0.175 e. The second-order valence-electron chi connectivity index (χ2n) is 3.18. The van der Waals surface area contributed by atoms with Gasteiger partial charge in [0, 0.05) is 33.2 Å². The number of hydrogen-bond acceptors (Lipinski definition) is 5. The Kier molecular flexibility index (Phi) is 3.35. The highest BCUT2D eigenvalue weighted by molar-refractivity contribution is 14.1. The Hall–Kier alpha value is 0.210. The molecular formula is C8H11IN2O2S. The lowest BCUT2D eigenvalue weighted by molar-refractivity contribution is -0.0994. The minimum Gasteiger partial charge on any atom is -0.381 e. The van der Waals surface area contributed by atoms with Gasteiger partial charge in [0.05, 0.1) is 0 Å². The van der Waals surface area contributed by atoms with Crippen molar-refractivity contribution in [2.24, 2.45) is 0 Å². The summed E-state index contributed by atoms with van der Waals surface area (Å²) in [4.78, 5) is 4.39. The van der Waals surface area contributed by atoms with Gasteiger partial charge in [0.15, 0.2) is 8.84 Å². The highest BCUT2D eigenvalue weighted by Crippen LogP contribution is 2.34. The summed E-state index contributed by atoms with van der Waals surface area (Å²) in [5.74, 6) is 0.817. The van der Waals surface area contributed by atoms with Crippen molar-refractivity contribution < 1.29 is 9.47 Å². The van der Waals surface area contributed by atoms with E-state index in [4.69, 9.17) is 9.47 Å². The zero-order chi connectivity index (χ0) is 10.0. The van der Waals surface area contributed by atoms with Gasteiger partial charge in [0.1, 0.15) is 5.60 Å². The fraction of sp³-hybridized carbons (Fsp3) is 0.750. The Morgan fingerprint density at radius 2 is 2.21 bits per heavy atom. The third kappa shape index (κ3) is 1.93. The number of rotatable bonds is 2. The van der Waals surface area contributed by atoms with Crippen molar-refractivity contribution in [3.63, 3.8) is 0 Å².